The number of rotatable bonds is 8. The van der Waals surface area contributed by atoms with Gasteiger partial charge in [0.2, 0.25) is 0 Å². The van der Waals surface area contributed by atoms with E-state index in [1.165, 1.54) is 13.0 Å². The number of carbonyl (C=O) groups is 8. The van der Waals surface area contributed by atoms with Gasteiger partial charge in [-0.3, -0.25) is 28.8 Å². The van der Waals surface area contributed by atoms with Gasteiger partial charge in [0.15, 0.2) is 23.0 Å². The summed E-state index contributed by atoms with van der Waals surface area (Å²) in [4.78, 5) is 99.4. The molecule has 2 aromatic carbocycles. The maximum absolute atomic E-state index is 13.9. The van der Waals surface area contributed by atoms with Crippen LogP contribution >= 0.6 is 0 Å². The van der Waals surface area contributed by atoms with Gasteiger partial charge in [-0.25, -0.2) is 9.59 Å². The average Bonchev–Trinajstić information content (AvgIpc) is 3.13. The minimum atomic E-state index is -1.99. The Labute approximate surface area is 264 Å². The molecule has 2 aliphatic rings. The van der Waals surface area contributed by atoms with Crippen LogP contribution in [0.2, 0.25) is 0 Å². The number of benzene rings is 2. The molecule has 0 bridgehead atoms. The number of hydrogen-bond donors (Lipinski definition) is 0. The maximum Gasteiger partial charge on any atom is 0.347 e. The molecule has 2 aromatic rings. The van der Waals surface area contributed by atoms with E-state index in [1.54, 1.807) is 0 Å². The molecule has 4 rings (SSSR count). The van der Waals surface area contributed by atoms with Crippen LogP contribution < -0.4 is 18.9 Å². The molecular formula is C30H26O17. The van der Waals surface area contributed by atoms with Crippen LogP contribution in [0.5, 0.6) is 28.7 Å². The largest absolute Gasteiger partial charge is 0.461 e. The fourth-order valence-corrected chi connectivity index (χ4v) is 4.68. The van der Waals surface area contributed by atoms with Crippen molar-refractivity contribution in [2.75, 3.05) is 0 Å². The van der Waals surface area contributed by atoms with Crippen molar-refractivity contribution in [3.63, 3.8) is 0 Å². The molecule has 0 saturated carbocycles. The second kappa shape index (κ2) is 13.2. The van der Waals surface area contributed by atoms with E-state index in [2.05, 4.69) is 0 Å². The quantitative estimate of drug-likeness (QED) is 0.172. The first kappa shape index (κ1) is 33.9. The molecule has 1 atom stereocenters. The minimum Gasteiger partial charge on any atom is -0.461 e. The number of ether oxygens (including phenoxy) is 9. The molecule has 0 spiro atoms. The molecule has 0 radical (unpaired) electrons. The normalized spacial score (nSPS) is 14.2. The van der Waals surface area contributed by atoms with Gasteiger partial charge in [0, 0.05) is 41.5 Å². The summed E-state index contributed by atoms with van der Waals surface area (Å²) in [7, 11) is 0. The zero-order valence-electron chi connectivity index (χ0n) is 25.9. The zero-order chi connectivity index (χ0) is 34.9. The summed E-state index contributed by atoms with van der Waals surface area (Å²) in [6.07, 6.45) is -3.85. The number of cyclic esters (lactones) is 1. The highest BCUT2D eigenvalue weighted by Gasteiger charge is 2.47. The lowest BCUT2D eigenvalue weighted by Crippen LogP contribution is -2.19. The highest BCUT2D eigenvalue weighted by Crippen LogP contribution is 2.56. The second-order valence-corrected chi connectivity index (χ2v) is 9.92. The third-order valence-electron chi connectivity index (χ3n) is 6.21. The predicted octanol–water partition coefficient (Wildman–Crippen LogP) is 3.09. The molecule has 17 heteroatoms. The molecule has 0 N–H and O–H groups in total. The lowest BCUT2D eigenvalue weighted by atomic mass is 10.00. The van der Waals surface area contributed by atoms with Crippen molar-refractivity contribution >= 4 is 47.8 Å². The first-order chi connectivity index (χ1) is 22.0. The first-order valence-corrected chi connectivity index (χ1v) is 13.5. The Kier molecular flexibility index (Phi) is 9.49. The van der Waals surface area contributed by atoms with Gasteiger partial charge in [-0.2, -0.15) is 0 Å². The Morgan fingerprint density at radius 1 is 0.723 bits per heavy atom. The van der Waals surface area contributed by atoms with Crippen LogP contribution in [-0.4, -0.2) is 47.8 Å². The van der Waals surface area contributed by atoms with E-state index >= 15 is 0 Å². The molecule has 47 heavy (non-hydrogen) atoms. The van der Waals surface area contributed by atoms with Gasteiger partial charge < -0.3 is 42.6 Å². The minimum absolute atomic E-state index is 0.0597. The van der Waals surface area contributed by atoms with Gasteiger partial charge in [-0.15, -0.1) is 0 Å². The van der Waals surface area contributed by atoms with Gasteiger partial charge in [0.25, 0.3) is 12.6 Å². The van der Waals surface area contributed by atoms with Crippen molar-refractivity contribution in [2.24, 2.45) is 0 Å². The SMILES string of the molecule is CC(=O)OCc1c2c(c3c(c1OC(C)=O)C(=O)OC3OC(C)=O)Oc1c(c(C)cc(OC(C)=O)c1C(OC(C)=O)OC(C)=O)C(=O)O2. The molecule has 0 saturated heterocycles. The summed E-state index contributed by atoms with van der Waals surface area (Å²) >= 11 is 0. The molecular weight excluding hydrogens is 632 g/mol. The maximum atomic E-state index is 13.9. The molecule has 2 heterocycles. The number of hydrogen-bond acceptors (Lipinski definition) is 17. The number of aryl methyl sites for hydroxylation is 1. The number of carbonyl (C=O) groups excluding carboxylic acids is 8. The molecule has 1 unspecified atom stereocenters. The molecule has 0 fully saturated rings. The van der Waals surface area contributed by atoms with E-state index < -0.39 is 107 Å². The van der Waals surface area contributed by atoms with Gasteiger partial charge in [0.05, 0.1) is 11.1 Å². The van der Waals surface area contributed by atoms with E-state index in [4.69, 9.17) is 42.6 Å². The average molecular weight is 659 g/mol. The first-order valence-electron chi connectivity index (χ1n) is 13.5. The van der Waals surface area contributed by atoms with E-state index in [-0.39, 0.29) is 22.4 Å². The lowest BCUT2D eigenvalue weighted by molar-refractivity contribution is -0.187. The van der Waals surface area contributed by atoms with E-state index in [1.807, 2.05) is 0 Å². The van der Waals surface area contributed by atoms with Crippen molar-refractivity contribution in [3.05, 3.63) is 39.4 Å². The van der Waals surface area contributed by atoms with Crippen LogP contribution in [0.15, 0.2) is 6.07 Å². The van der Waals surface area contributed by atoms with Crippen molar-refractivity contribution in [2.45, 2.75) is 67.7 Å². The van der Waals surface area contributed by atoms with Gasteiger partial charge >= 0.3 is 47.8 Å². The van der Waals surface area contributed by atoms with Crippen LogP contribution in [0.25, 0.3) is 0 Å². The summed E-state index contributed by atoms with van der Waals surface area (Å²) in [5.74, 6) is -10.5. The van der Waals surface area contributed by atoms with E-state index in [0.717, 1.165) is 41.5 Å². The van der Waals surface area contributed by atoms with Gasteiger partial charge in [-0.1, -0.05) is 0 Å². The monoisotopic (exact) mass is 658 g/mol. The predicted molar refractivity (Wildman–Crippen MR) is 147 cm³/mol. The van der Waals surface area contributed by atoms with Crippen molar-refractivity contribution in [1.29, 1.82) is 0 Å². The number of esters is 8. The fourth-order valence-electron chi connectivity index (χ4n) is 4.68. The highest BCUT2D eigenvalue weighted by atomic mass is 16.7. The summed E-state index contributed by atoms with van der Waals surface area (Å²) in [5, 5.41) is 0. The lowest BCUT2D eigenvalue weighted by Gasteiger charge is -2.24. The van der Waals surface area contributed by atoms with Crippen molar-refractivity contribution in [3.8, 4) is 28.7 Å². The molecule has 0 aliphatic carbocycles. The molecule has 248 valence electrons. The van der Waals surface area contributed by atoms with Crippen LogP contribution in [0.1, 0.15) is 97.1 Å². The summed E-state index contributed by atoms with van der Waals surface area (Å²) in [6, 6.07) is 1.18. The summed E-state index contributed by atoms with van der Waals surface area (Å²) in [5.41, 5.74) is -2.10. The van der Waals surface area contributed by atoms with Crippen molar-refractivity contribution in [1.82, 2.24) is 0 Å². The van der Waals surface area contributed by atoms with Crippen LogP contribution in [0.4, 0.5) is 0 Å². The second-order valence-electron chi connectivity index (χ2n) is 9.92. The third-order valence-corrected chi connectivity index (χ3v) is 6.21. The fraction of sp³-hybridized carbons (Fsp3) is 0.333. The third kappa shape index (κ3) is 6.98. The van der Waals surface area contributed by atoms with Crippen LogP contribution in [0, 0.1) is 6.92 Å². The summed E-state index contributed by atoms with van der Waals surface area (Å²) < 4.78 is 48.5. The van der Waals surface area contributed by atoms with Gasteiger partial charge in [-0.05, 0) is 18.6 Å². The molecule has 17 nitrogen and oxygen atoms in total. The van der Waals surface area contributed by atoms with Crippen LogP contribution in [0.3, 0.4) is 0 Å². The van der Waals surface area contributed by atoms with Crippen molar-refractivity contribution < 1.29 is 81.0 Å². The topological polar surface area (TPSA) is 220 Å². The smallest absolute Gasteiger partial charge is 0.347 e. The van der Waals surface area contributed by atoms with Gasteiger partial charge in [0.1, 0.15) is 29.0 Å². The zero-order valence-corrected chi connectivity index (χ0v) is 25.9. The van der Waals surface area contributed by atoms with E-state index in [0.29, 0.717) is 0 Å². The number of fused-ring (bicyclic) bond motifs is 4. The van der Waals surface area contributed by atoms with Crippen LogP contribution in [-0.2, 0) is 59.1 Å². The molecule has 2 aliphatic heterocycles. The van der Waals surface area contributed by atoms with E-state index in [9.17, 15) is 38.4 Å². The standard InChI is InChI=1S/C30H26O17/c1-10-8-18(40-12(3)32)20(29(42-14(5)34)43-15(6)35)25-19(10)27(37)46-24-17(9-39-11(2)31)23(41-13(4)33)21-22(26(24)45-25)30(44-16(7)36)47-28(21)38/h8,29-30H,9H2,1-7H3. The Balaban J connectivity index is 2.18. The summed E-state index contributed by atoms with van der Waals surface area (Å²) in [6.45, 7) is 6.69. The Morgan fingerprint density at radius 2 is 1.34 bits per heavy atom. The molecule has 0 amide bonds. The highest BCUT2D eigenvalue weighted by molar-refractivity contribution is 6.03. The Hall–Kier alpha value is -6.00. The Bertz CT molecular complexity index is 1750. The Morgan fingerprint density at radius 3 is 1.87 bits per heavy atom. The molecule has 0 aromatic heterocycles.